The van der Waals surface area contributed by atoms with Crippen LogP contribution in [0, 0.1) is 0 Å². The van der Waals surface area contributed by atoms with E-state index in [-0.39, 0.29) is 18.5 Å². The summed E-state index contributed by atoms with van der Waals surface area (Å²) in [4.78, 5) is 25.7. The summed E-state index contributed by atoms with van der Waals surface area (Å²) < 4.78 is 5.42. The van der Waals surface area contributed by atoms with Gasteiger partial charge >= 0.3 is 6.09 Å². The average Bonchev–Trinajstić information content (AvgIpc) is 2.98. The predicted molar refractivity (Wildman–Crippen MR) is 153 cm³/mol. The summed E-state index contributed by atoms with van der Waals surface area (Å²) in [5.74, 6) is 0.273. The minimum absolute atomic E-state index is 0.0841. The van der Waals surface area contributed by atoms with Gasteiger partial charge in [0.1, 0.15) is 6.61 Å². The quantitative estimate of drug-likeness (QED) is 0.239. The van der Waals surface area contributed by atoms with Crippen LogP contribution < -0.4 is 5.32 Å². The van der Waals surface area contributed by atoms with E-state index in [0.717, 1.165) is 44.6 Å². The largest absolute Gasteiger partial charge is 0.444 e. The molecule has 0 bridgehead atoms. The third-order valence-electron chi connectivity index (χ3n) is 6.78. The number of carbonyl (C=O) groups excluding carboxylic acids is 1. The number of pyridine rings is 1. The predicted octanol–water partition coefficient (Wildman–Crippen LogP) is 7.95. The number of ether oxygens (including phenoxy) is 1. The van der Waals surface area contributed by atoms with Gasteiger partial charge in [0.15, 0.2) is 0 Å². The number of fused-ring (bicyclic) bond motifs is 3. The van der Waals surface area contributed by atoms with Gasteiger partial charge in [0.05, 0.1) is 15.7 Å². The maximum absolute atomic E-state index is 12.5. The Kier molecular flexibility index (Phi) is 6.97. The highest BCUT2D eigenvalue weighted by Gasteiger charge is 2.28. The SMILES string of the molecule is O=C(Nc1ncc2c(n1)-c1ccccc1[C@H](c1ccc(Cl)c(Cl)c1)C2)OCc1ccc(-c2ccncc2)cc1. The number of hydrogen-bond donors (Lipinski definition) is 1. The molecule has 0 unspecified atom stereocenters. The Balaban J connectivity index is 1.16. The van der Waals surface area contributed by atoms with Crippen molar-refractivity contribution in [3.63, 3.8) is 0 Å². The molecule has 8 heteroatoms. The molecule has 2 heterocycles. The fraction of sp³-hybridized carbons (Fsp3) is 0.0968. The molecule has 1 N–H and O–H groups in total. The zero-order chi connectivity index (χ0) is 26.8. The first-order valence-electron chi connectivity index (χ1n) is 12.4. The molecule has 192 valence electrons. The van der Waals surface area contributed by atoms with Gasteiger partial charge in [0, 0.05) is 30.1 Å². The van der Waals surface area contributed by atoms with E-state index in [1.807, 2.05) is 72.8 Å². The Bertz CT molecular complexity index is 1660. The van der Waals surface area contributed by atoms with Gasteiger partial charge in [-0.05, 0) is 64.1 Å². The number of anilines is 1. The topological polar surface area (TPSA) is 77.0 Å². The van der Waals surface area contributed by atoms with Crippen molar-refractivity contribution in [2.24, 2.45) is 0 Å². The summed E-state index contributed by atoms with van der Waals surface area (Å²) in [6, 6.07) is 25.6. The van der Waals surface area contributed by atoms with Crippen LogP contribution >= 0.6 is 23.2 Å². The molecule has 3 aromatic carbocycles. The lowest BCUT2D eigenvalue weighted by molar-refractivity contribution is 0.155. The Morgan fingerprint density at radius 2 is 1.69 bits per heavy atom. The lowest BCUT2D eigenvalue weighted by atomic mass is 9.78. The summed E-state index contributed by atoms with van der Waals surface area (Å²) in [6.07, 6.45) is 5.35. The van der Waals surface area contributed by atoms with Crippen molar-refractivity contribution in [3.05, 3.63) is 130 Å². The van der Waals surface area contributed by atoms with Crippen LogP contribution in [0.15, 0.2) is 97.5 Å². The Morgan fingerprint density at radius 1 is 0.923 bits per heavy atom. The first kappa shape index (κ1) is 25.0. The van der Waals surface area contributed by atoms with Crippen LogP contribution in [-0.2, 0) is 17.8 Å². The second-order valence-corrected chi connectivity index (χ2v) is 10.0. The van der Waals surface area contributed by atoms with E-state index in [1.165, 1.54) is 0 Å². The van der Waals surface area contributed by atoms with E-state index >= 15 is 0 Å². The highest BCUT2D eigenvalue weighted by atomic mass is 35.5. The van der Waals surface area contributed by atoms with Crippen molar-refractivity contribution in [2.75, 3.05) is 5.32 Å². The molecule has 39 heavy (non-hydrogen) atoms. The summed E-state index contributed by atoms with van der Waals surface area (Å²) in [5, 5.41) is 3.71. The fourth-order valence-electron chi connectivity index (χ4n) is 4.84. The number of amides is 1. The molecule has 0 radical (unpaired) electrons. The third kappa shape index (κ3) is 5.35. The van der Waals surface area contributed by atoms with Crippen LogP contribution in [0.25, 0.3) is 22.4 Å². The molecule has 0 spiro atoms. The number of carbonyl (C=O) groups is 1. The first-order valence-corrected chi connectivity index (χ1v) is 13.1. The van der Waals surface area contributed by atoms with Gasteiger partial charge in [-0.25, -0.2) is 14.8 Å². The zero-order valence-corrected chi connectivity index (χ0v) is 22.2. The van der Waals surface area contributed by atoms with Crippen LogP contribution in [0.2, 0.25) is 10.0 Å². The number of rotatable bonds is 5. The van der Waals surface area contributed by atoms with Crippen molar-refractivity contribution in [1.82, 2.24) is 15.0 Å². The number of nitrogens with zero attached hydrogens (tertiary/aromatic N) is 3. The normalized spacial score (nSPS) is 13.7. The highest BCUT2D eigenvalue weighted by molar-refractivity contribution is 6.42. The van der Waals surface area contributed by atoms with E-state index in [1.54, 1.807) is 18.6 Å². The van der Waals surface area contributed by atoms with Gasteiger partial charge in [0.25, 0.3) is 0 Å². The molecule has 2 aromatic heterocycles. The lowest BCUT2D eigenvalue weighted by Gasteiger charge is -2.27. The fourth-order valence-corrected chi connectivity index (χ4v) is 5.14. The summed E-state index contributed by atoms with van der Waals surface area (Å²) in [5.41, 5.74) is 7.98. The Labute approximate surface area is 235 Å². The summed E-state index contributed by atoms with van der Waals surface area (Å²) in [7, 11) is 0. The Morgan fingerprint density at radius 3 is 2.49 bits per heavy atom. The number of nitrogens with one attached hydrogen (secondary N) is 1. The van der Waals surface area contributed by atoms with Crippen molar-refractivity contribution >= 4 is 35.2 Å². The van der Waals surface area contributed by atoms with Crippen LogP contribution in [0.5, 0.6) is 0 Å². The van der Waals surface area contributed by atoms with Crippen LogP contribution in [0.1, 0.15) is 28.2 Å². The summed E-state index contributed by atoms with van der Waals surface area (Å²) in [6.45, 7) is 0.127. The molecular formula is C31H22Cl2N4O2. The van der Waals surface area contributed by atoms with Crippen molar-refractivity contribution in [3.8, 4) is 22.4 Å². The molecule has 0 saturated heterocycles. The van der Waals surface area contributed by atoms with Crippen LogP contribution in [0.3, 0.4) is 0 Å². The standard InChI is InChI=1S/C31H22Cl2N4O2/c32-27-10-9-22(16-28(27)33)26-15-23-17-35-30(36-29(23)25-4-2-1-3-24(25)26)37-31(38)39-18-19-5-7-20(8-6-19)21-11-13-34-14-12-21/h1-14,16-17,26H,15,18H2,(H,35,36,37,38)/t26-/m0/s1. The molecule has 1 amide bonds. The third-order valence-corrected chi connectivity index (χ3v) is 7.52. The second kappa shape index (κ2) is 10.8. The maximum Gasteiger partial charge on any atom is 0.414 e. The van der Waals surface area contributed by atoms with Crippen molar-refractivity contribution < 1.29 is 9.53 Å². The van der Waals surface area contributed by atoms with Gasteiger partial charge in [-0.1, -0.05) is 77.8 Å². The van der Waals surface area contributed by atoms with E-state index in [4.69, 9.17) is 27.9 Å². The number of halogens is 2. The Hall–Kier alpha value is -4.26. The van der Waals surface area contributed by atoms with Gasteiger partial charge in [0.2, 0.25) is 5.95 Å². The summed E-state index contributed by atoms with van der Waals surface area (Å²) >= 11 is 12.5. The smallest absolute Gasteiger partial charge is 0.414 e. The van der Waals surface area contributed by atoms with Crippen molar-refractivity contribution in [2.45, 2.75) is 18.9 Å². The number of benzene rings is 3. The highest BCUT2D eigenvalue weighted by Crippen LogP contribution is 2.42. The molecule has 1 atom stereocenters. The first-order chi connectivity index (χ1) is 19.0. The average molecular weight is 553 g/mol. The zero-order valence-electron chi connectivity index (χ0n) is 20.6. The molecule has 0 aliphatic heterocycles. The van der Waals surface area contributed by atoms with Gasteiger partial charge in [-0.2, -0.15) is 0 Å². The van der Waals surface area contributed by atoms with Gasteiger partial charge in [-0.3, -0.25) is 10.3 Å². The van der Waals surface area contributed by atoms with E-state index in [0.29, 0.717) is 16.5 Å². The van der Waals surface area contributed by atoms with Crippen molar-refractivity contribution in [1.29, 1.82) is 0 Å². The molecule has 6 rings (SSSR count). The van der Waals surface area contributed by atoms with E-state index in [2.05, 4.69) is 26.3 Å². The maximum atomic E-state index is 12.5. The molecule has 0 saturated carbocycles. The molecule has 5 aromatic rings. The van der Waals surface area contributed by atoms with E-state index < -0.39 is 6.09 Å². The number of hydrogen-bond acceptors (Lipinski definition) is 5. The van der Waals surface area contributed by atoms with Crippen LogP contribution in [0.4, 0.5) is 10.7 Å². The van der Waals surface area contributed by atoms with Gasteiger partial charge < -0.3 is 4.74 Å². The molecule has 1 aliphatic rings. The minimum Gasteiger partial charge on any atom is -0.444 e. The molecule has 0 fully saturated rings. The minimum atomic E-state index is -0.620. The molecular weight excluding hydrogens is 531 g/mol. The number of aromatic nitrogens is 3. The lowest BCUT2D eigenvalue weighted by Crippen LogP contribution is -2.18. The molecule has 6 nitrogen and oxygen atoms in total. The second-order valence-electron chi connectivity index (χ2n) is 9.22. The van der Waals surface area contributed by atoms with Gasteiger partial charge in [-0.15, -0.1) is 0 Å². The molecule has 1 aliphatic carbocycles. The van der Waals surface area contributed by atoms with Crippen LogP contribution in [-0.4, -0.2) is 21.0 Å². The monoisotopic (exact) mass is 552 g/mol. The van der Waals surface area contributed by atoms with E-state index in [9.17, 15) is 4.79 Å².